The summed E-state index contributed by atoms with van der Waals surface area (Å²) < 4.78 is 0. The van der Waals surface area contributed by atoms with E-state index in [4.69, 9.17) is 5.73 Å². The number of primary amides is 1. The minimum Gasteiger partial charge on any atom is -0.387 e. The predicted molar refractivity (Wildman–Crippen MR) is 38.9 cm³/mol. The van der Waals surface area contributed by atoms with Crippen LogP contribution < -0.4 is 11.1 Å². The molecule has 0 atom stereocenters. The van der Waals surface area contributed by atoms with E-state index in [2.05, 4.69) is 5.32 Å². The van der Waals surface area contributed by atoms with E-state index < -0.39 is 11.5 Å². The summed E-state index contributed by atoms with van der Waals surface area (Å²) in [5.41, 5.74) is 4.02. The van der Waals surface area contributed by atoms with Crippen molar-refractivity contribution >= 4 is 18.3 Å². The van der Waals surface area contributed by atoms with Crippen molar-refractivity contribution in [3.05, 3.63) is 0 Å². The van der Waals surface area contributed by atoms with E-state index in [0.29, 0.717) is 13.1 Å². The first-order valence-electron chi connectivity index (χ1n) is 2.84. The Balaban J connectivity index is 0.000000810. The molecule has 1 aliphatic heterocycles. The number of nitrogens with two attached hydrogens (primary N) is 1. The summed E-state index contributed by atoms with van der Waals surface area (Å²) in [5.74, 6) is -0.445. The van der Waals surface area contributed by atoms with Crippen LogP contribution in [0.4, 0.5) is 0 Å². The maximum atomic E-state index is 10.2. The molecular formula is C5H11ClN2O2. The first-order chi connectivity index (χ1) is 4.12. The van der Waals surface area contributed by atoms with Gasteiger partial charge in [-0.15, -0.1) is 12.4 Å². The lowest BCUT2D eigenvalue weighted by molar-refractivity contribution is -0.125. The molecule has 4 nitrogen and oxygen atoms in total. The van der Waals surface area contributed by atoms with Gasteiger partial charge in [0.2, 0.25) is 5.91 Å². The number of rotatable bonds is 2. The van der Waals surface area contributed by atoms with Gasteiger partial charge in [0.15, 0.2) is 0 Å². The van der Waals surface area contributed by atoms with Gasteiger partial charge in [0, 0.05) is 13.1 Å². The summed E-state index contributed by atoms with van der Waals surface area (Å²) >= 11 is 0. The van der Waals surface area contributed by atoms with Crippen molar-refractivity contribution in [2.45, 2.75) is 12.0 Å². The zero-order chi connectivity index (χ0) is 6.91. The Morgan fingerprint density at radius 3 is 2.30 bits per heavy atom. The fourth-order valence-electron chi connectivity index (χ4n) is 0.863. The molecule has 0 saturated carbocycles. The Labute approximate surface area is 65.2 Å². The van der Waals surface area contributed by atoms with Crippen molar-refractivity contribution in [3.8, 4) is 0 Å². The number of carbonyl (C=O) groups is 1. The lowest BCUT2D eigenvalue weighted by Gasteiger charge is -2.36. The van der Waals surface area contributed by atoms with Gasteiger partial charge in [0.05, 0.1) is 12.0 Å². The predicted octanol–water partition coefficient (Wildman–Crippen LogP) is -1.38. The average Bonchev–Trinajstić information content (AvgIpc) is 1.60. The molecular weight excluding hydrogens is 156 g/mol. The number of β-amino-alcohol motifs (C(OH)–C–C–N with tert-alkyl or cyclic N) is 1. The third-order valence-electron chi connectivity index (χ3n) is 1.41. The van der Waals surface area contributed by atoms with Crippen molar-refractivity contribution in [2.75, 3.05) is 13.1 Å². The summed E-state index contributed by atoms with van der Waals surface area (Å²) in [6, 6.07) is 0. The van der Waals surface area contributed by atoms with E-state index in [-0.39, 0.29) is 18.8 Å². The molecule has 0 aromatic rings. The van der Waals surface area contributed by atoms with Crippen LogP contribution in [-0.2, 0) is 4.79 Å². The maximum absolute atomic E-state index is 10.2. The SMILES string of the molecule is Cl.NC(=O)CC1(O)CNC1. The van der Waals surface area contributed by atoms with Crippen molar-refractivity contribution in [3.63, 3.8) is 0 Å². The van der Waals surface area contributed by atoms with Crippen molar-refractivity contribution in [2.24, 2.45) is 5.73 Å². The van der Waals surface area contributed by atoms with E-state index in [1.165, 1.54) is 0 Å². The van der Waals surface area contributed by atoms with Crippen LogP contribution in [0, 0.1) is 0 Å². The molecule has 5 heteroatoms. The monoisotopic (exact) mass is 166 g/mol. The number of hydrogen-bond acceptors (Lipinski definition) is 3. The zero-order valence-electron chi connectivity index (χ0n) is 5.46. The molecule has 1 amide bonds. The van der Waals surface area contributed by atoms with E-state index >= 15 is 0 Å². The van der Waals surface area contributed by atoms with Gasteiger partial charge in [-0.1, -0.05) is 0 Å². The average molecular weight is 167 g/mol. The van der Waals surface area contributed by atoms with Gasteiger partial charge in [-0.25, -0.2) is 0 Å². The van der Waals surface area contributed by atoms with Crippen molar-refractivity contribution in [1.82, 2.24) is 5.32 Å². The summed E-state index contributed by atoms with van der Waals surface area (Å²) in [5, 5.41) is 12.1. The van der Waals surface area contributed by atoms with Gasteiger partial charge in [-0.05, 0) is 0 Å². The van der Waals surface area contributed by atoms with Crippen LogP contribution in [0.2, 0.25) is 0 Å². The minimum absolute atomic E-state index is 0. The van der Waals surface area contributed by atoms with Crippen LogP contribution in [0.1, 0.15) is 6.42 Å². The molecule has 1 fully saturated rings. The van der Waals surface area contributed by atoms with Crippen LogP contribution in [0.5, 0.6) is 0 Å². The first kappa shape index (κ1) is 9.68. The Hall–Kier alpha value is -0.320. The summed E-state index contributed by atoms with van der Waals surface area (Å²) in [6.45, 7) is 0.964. The third kappa shape index (κ3) is 2.13. The molecule has 0 spiro atoms. The molecule has 0 bridgehead atoms. The topological polar surface area (TPSA) is 75.4 Å². The summed E-state index contributed by atoms with van der Waals surface area (Å²) in [6.07, 6.45) is 0.0694. The smallest absolute Gasteiger partial charge is 0.220 e. The molecule has 0 unspecified atom stereocenters. The van der Waals surface area contributed by atoms with Crippen LogP contribution in [0.3, 0.4) is 0 Å². The summed E-state index contributed by atoms with van der Waals surface area (Å²) in [7, 11) is 0. The second-order valence-electron chi connectivity index (χ2n) is 2.47. The van der Waals surface area contributed by atoms with Crippen molar-refractivity contribution in [1.29, 1.82) is 0 Å². The molecule has 1 aliphatic rings. The lowest BCUT2D eigenvalue weighted by atomic mass is 9.93. The number of hydrogen-bond donors (Lipinski definition) is 3. The van der Waals surface area contributed by atoms with Gasteiger partial charge in [0.1, 0.15) is 0 Å². The minimum atomic E-state index is -0.841. The third-order valence-corrected chi connectivity index (χ3v) is 1.41. The van der Waals surface area contributed by atoms with Crippen molar-refractivity contribution < 1.29 is 9.90 Å². The van der Waals surface area contributed by atoms with E-state index in [9.17, 15) is 9.90 Å². The quantitative estimate of drug-likeness (QED) is 0.473. The van der Waals surface area contributed by atoms with E-state index in [0.717, 1.165) is 0 Å². The molecule has 1 heterocycles. The fourth-order valence-corrected chi connectivity index (χ4v) is 0.863. The van der Waals surface area contributed by atoms with Gasteiger partial charge in [-0.3, -0.25) is 4.79 Å². The van der Waals surface area contributed by atoms with Crippen LogP contribution in [-0.4, -0.2) is 29.7 Å². The number of halogens is 1. The summed E-state index contributed by atoms with van der Waals surface area (Å²) in [4.78, 5) is 10.2. The van der Waals surface area contributed by atoms with Gasteiger partial charge < -0.3 is 16.2 Å². The number of nitrogens with one attached hydrogen (secondary N) is 1. The highest BCUT2D eigenvalue weighted by molar-refractivity contribution is 5.85. The Kier molecular flexibility index (Phi) is 3.08. The molecule has 1 rings (SSSR count). The van der Waals surface area contributed by atoms with Crippen LogP contribution in [0.15, 0.2) is 0 Å². The fraction of sp³-hybridized carbons (Fsp3) is 0.800. The molecule has 0 radical (unpaired) electrons. The molecule has 1 saturated heterocycles. The Morgan fingerprint density at radius 2 is 2.20 bits per heavy atom. The number of carbonyl (C=O) groups excluding carboxylic acids is 1. The first-order valence-corrected chi connectivity index (χ1v) is 2.84. The maximum Gasteiger partial charge on any atom is 0.220 e. The Morgan fingerprint density at radius 1 is 1.70 bits per heavy atom. The highest BCUT2D eigenvalue weighted by atomic mass is 35.5. The lowest BCUT2D eigenvalue weighted by Crippen LogP contribution is -2.60. The molecule has 10 heavy (non-hydrogen) atoms. The standard InChI is InChI=1S/C5H10N2O2.ClH/c6-4(8)1-5(9)2-7-3-5;/h7,9H,1-3H2,(H2,6,8);1H. The largest absolute Gasteiger partial charge is 0.387 e. The number of aliphatic hydroxyl groups is 1. The molecule has 0 aliphatic carbocycles. The molecule has 0 aromatic carbocycles. The van der Waals surface area contributed by atoms with Gasteiger partial charge >= 0.3 is 0 Å². The van der Waals surface area contributed by atoms with Crippen LogP contribution >= 0.6 is 12.4 Å². The second-order valence-corrected chi connectivity index (χ2v) is 2.47. The highest BCUT2D eigenvalue weighted by Gasteiger charge is 2.35. The van der Waals surface area contributed by atoms with Gasteiger partial charge in [0.25, 0.3) is 0 Å². The second kappa shape index (κ2) is 3.18. The number of amides is 1. The molecule has 4 N–H and O–H groups in total. The van der Waals surface area contributed by atoms with Crippen LogP contribution in [0.25, 0.3) is 0 Å². The van der Waals surface area contributed by atoms with E-state index in [1.807, 2.05) is 0 Å². The Bertz CT molecular complexity index is 136. The zero-order valence-corrected chi connectivity index (χ0v) is 6.28. The normalized spacial score (nSPS) is 20.5. The molecule has 60 valence electrons. The van der Waals surface area contributed by atoms with E-state index in [1.54, 1.807) is 0 Å². The van der Waals surface area contributed by atoms with Gasteiger partial charge in [-0.2, -0.15) is 0 Å². The highest BCUT2D eigenvalue weighted by Crippen LogP contribution is 2.13. The molecule has 0 aromatic heterocycles.